The summed E-state index contributed by atoms with van der Waals surface area (Å²) in [6, 6.07) is 14.3. The van der Waals surface area contributed by atoms with Crippen molar-refractivity contribution in [3.05, 3.63) is 46.3 Å². The van der Waals surface area contributed by atoms with Crippen LogP contribution in [0, 0.1) is 11.3 Å². The van der Waals surface area contributed by atoms with Crippen molar-refractivity contribution in [1.29, 1.82) is 5.26 Å². The summed E-state index contributed by atoms with van der Waals surface area (Å²) in [5, 5.41) is 12.1. The second-order valence-corrected chi connectivity index (χ2v) is 8.13. The van der Waals surface area contributed by atoms with Crippen molar-refractivity contribution in [2.45, 2.75) is 13.0 Å². The third-order valence-corrected chi connectivity index (χ3v) is 6.00. The molecule has 0 bridgehead atoms. The van der Waals surface area contributed by atoms with Crippen molar-refractivity contribution >= 4 is 28.8 Å². The Bertz CT molecular complexity index is 808. The van der Waals surface area contributed by atoms with Gasteiger partial charge < -0.3 is 5.32 Å². The zero-order valence-corrected chi connectivity index (χ0v) is 16.7. The molecule has 1 fully saturated rings. The number of thiophene rings is 1. The van der Waals surface area contributed by atoms with Crippen LogP contribution in [0.25, 0.3) is 10.4 Å². The molecule has 0 spiro atoms. The highest BCUT2D eigenvalue weighted by Crippen LogP contribution is 2.33. The lowest BCUT2D eigenvalue weighted by Crippen LogP contribution is -2.49. The molecule has 1 saturated heterocycles. The van der Waals surface area contributed by atoms with Crippen molar-refractivity contribution in [1.82, 2.24) is 15.1 Å². The smallest absolute Gasteiger partial charge is 0.234 e. The Balaban J connectivity index is 1.45. The number of piperazine rings is 1. The molecule has 2 heterocycles. The maximum absolute atomic E-state index is 11.8. The average Bonchev–Trinajstić information content (AvgIpc) is 3.12. The van der Waals surface area contributed by atoms with Gasteiger partial charge in [0.1, 0.15) is 0 Å². The fraction of sp³-hybridized carbons (Fsp3) is 0.400. The van der Waals surface area contributed by atoms with E-state index < -0.39 is 0 Å². The number of carbonyl (C=O) groups excluding carboxylic acids is 1. The molecule has 0 saturated carbocycles. The Kier molecular flexibility index (Phi) is 7.25. The van der Waals surface area contributed by atoms with Gasteiger partial charge in [0.2, 0.25) is 5.91 Å². The number of amides is 1. The van der Waals surface area contributed by atoms with Gasteiger partial charge in [-0.2, -0.15) is 5.26 Å². The van der Waals surface area contributed by atoms with Crippen LogP contribution >= 0.6 is 22.9 Å². The molecule has 142 valence electrons. The van der Waals surface area contributed by atoms with E-state index in [1.807, 2.05) is 24.3 Å². The van der Waals surface area contributed by atoms with Gasteiger partial charge in [-0.15, -0.1) is 11.3 Å². The number of benzene rings is 1. The molecule has 1 N–H and O–H groups in total. The number of hydrogen-bond donors (Lipinski definition) is 1. The van der Waals surface area contributed by atoms with E-state index >= 15 is 0 Å². The third kappa shape index (κ3) is 5.78. The number of nitrogens with one attached hydrogen (secondary N) is 1. The molecule has 7 heteroatoms. The Labute approximate surface area is 169 Å². The molecular weight excluding hydrogens is 380 g/mol. The molecule has 27 heavy (non-hydrogen) atoms. The van der Waals surface area contributed by atoms with Gasteiger partial charge in [0.05, 0.1) is 19.0 Å². The summed E-state index contributed by atoms with van der Waals surface area (Å²) in [5.41, 5.74) is 1.09. The summed E-state index contributed by atoms with van der Waals surface area (Å²) in [4.78, 5) is 19.0. The lowest BCUT2D eigenvalue weighted by Gasteiger charge is -2.34. The molecule has 3 rings (SSSR count). The second kappa shape index (κ2) is 9.86. The zero-order valence-electron chi connectivity index (χ0n) is 15.2. The SMILES string of the molecule is N#CCCNC(=O)CN1CCN(Cc2ccc(-c3ccccc3Cl)s2)CC1. The largest absolute Gasteiger partial charge is 0.354 e. The van der Waals surface area contributed by atoms with Gasteiger partial charge >= 0.3 is 0 Å². The Morgan fingerprint density at radius 3 is 2.63 bits per heavy atom. The minimum absolute atomic E-state index is 0.00124. The van der Waals surface area contributed by atoms with E-state index in [2.05, 4.69) is 33.3 Å². The first-order chi connectivity index (χ1) is 13.2. The monoisotopic (exact) mass is 402 g/mol. The summed E-state index contributed by atoms with van der Waals surface area (Å²) in [6.45, 7) is 5.44. The van der Waals surface area contributed by atoms with E-state index in [0.717, 1.165) is 43.3 Å². The molecule has 0 unspecified atom stereocenters. The second-order valence-electron chi connectivity index (χ2n) is 6.56. The quantitative estimate of drug-likeness (QED) is 0.722. The standard InChI is InChI=1S/C20H23ClN4OS/c21-18-5-2-1-4-17(18)19-7-6-16(27-19)14-24-10-12-25(13-11-24)15-20(26)23-9-3-8-22/h1-2,4-7H,3,9-15H2,(H,23,26). The lowest BCUT2D eigenvalue weighted by molar-refractivity contribution is -0.122. The highest BCUT2D eigenvalue weighted by molar-refractivity contribution is 7.15. The molecule has 2 aromatic rings. The average molecular weight is 403 g/mol. The number of nitrogens with zero attached hydrogens (tertiary/aromatic N) is 3. The maximum atomic E-state index is 11.8. The first kappa shape index (κ1) is 19.8. The number of rotatable bonds is 7. The van der Waals surface area contributed by atoms with Crippen molar-refractivity contribution in [2.24, 2.45) is 0 Å². The molecule has 0 aliphatic carbocycles. The topological polar surface area (TPSA) is 59.4 Å². The van der Waals surface area contributed by atoms with Crippen LogP contribution in [-0.4, -0.2) is 55.0 Å². The molecule has 1 aliphatic heterocycles. The Hall–Kier alpha value is -1.91. The molecule has 1 aliphatic rings. The van der Waals surface area contributed by atoms with Gasteiger partial charge in [-0.05, 0) is 18.2 Å². The lowest BCUT2D eigenvalue weighted by atomic mass is 10.2. The molecule has 1 aromatic heterocycles. The van der Waals surface area contributed by atoms with Crippen molar-refractivity contribution in [3.8, 4) is 16.5 Å². The first-order valence-electron chi connectivity index (χ1n) is 9.07. The van der Waals surface area contributed by atoms with E-state index in [1.54, 1.807) is 11.3 Å². The Morgan fingerprint density at radius 2 is 1.89 bits per heavy atom. The van der Waals surface area contributed by atoms with Crippen LogP contribution in [-0.2, 0) is 11.3 Å². The Morgan fingerprint density at radius 1 is 1.15 bits per heavy atom. The highest BCUT2D eigenvalue weighted by atomic mass is 35.5. The summed E-state index contributed by atoms with van der Waals surface area (Å²) in [6.07, 6.45) is 0.358. The van der Waals surface area contributed by atoms with Crippen LogP contribution in [0.3, 0.4) is 0 Å². The minimum atomic E-state index is 0.00124. The molecular formula is C20H23ClN4OS. The molecule has 0 radical (unpaired) electrons. The summed E-state index contributed by atoms with van der Waals surface area (Å²) >= 11 is 8.09. The van der Waals surface area contributed by atoms with Gasteiger partial charge in [-0.1, -0.05) is 29.8 Å². The van der Waals surface area contributed by atoms with E-state index in [-0.39, 0.29) is 5.91 Å². The van der Waals surface area contributed by atoms with E-state index in [9.17, 15) is 4.79 Å². The van der Waals surface area contributed by atoms with Crippen molar-refractivity contribution < 1.29 is 4.79 Å². The number of halogens is 1. The molecule has 1 amide bonds. The zero-order chi connectivity index (χ0) is 19.1. The van der Waals surface area contributed by atoms with Crippen LogP contribution < -0.4 is 5.32 Å². The summed E-state index contributed by atoms with van der Waals surface area (Å²) in [5.74, 6) is 0.00124. The minimum Gasteiger partial charge on any atom is -0.354 e. The van der Waals surface area contributed by atoms with Gasteiger partial charge in [0, 0.05) is 59.6 Å². The van der Waals surface area contributed by atoms with Gasteiger partial charge in [0.15, 0.2) is 0 Å². The number of nitriles is 1. The third-order valence-electron chi connectivity index (χ3n) is 4.57. The van der Waals surface area contributed by atoms with Crippen LogP contribution in [0.15, 0.2) is 36.4 Å². The van der Waals surface area contributed by atoms with Crippen molar-refractivity contribution in [3.63, 3.8) is 0 Å². The number of hydrogen-bond acceptors (Lipinski definition) is 5. The predicted molar refractivity (Wildman–Crippen MR) is 110 cm³/mol. The van der Waals surface area contributed by atoms with Gasteiger partial charge in [-0.25, -0.2) is 0 Å². The van der Waals surface area contributed by atoms with Crippen LogP contribution in [0.1, 0.15) is 11.3 Å². The van der Waals surface area contributed by atoms with Gasteiger partial charge in [0.25, 0.3) is 0 Å². The van der Waals surface area contributed by atoms with E-state index in [0.29, 0.717) is 19.5 Å². The maximum Gasteiger partial charge on any atom is 0.234 e. The van der Waals surface area contributed by atoms with Crippen molar-refractivity contribution in [2.75, 3.05) is 39.3 Å². The summed E-state index contributed by atoms with van der Waals surface area (Å²) < 4.78 is 0. The van der Waals surface area contributed by atoms with Crippen LogP contribution in [0.2, 0.25) is 5.02 Å². The van der Waals surface area contributed by atoms with Crippen LogP contribution in [0.4, 0.5) is 0 Å². The predicted octanol–water partition coefficient (Wildman–Crippen LogP) is 3.22. The molecule has 0 atom stereocenters. The number of carbonyl (C=O) groups is 1. The molecule has 1 aromatic carbocycles. The van der Waals surface area contributed by atoms with Crippen LogP contribution in [0.5, 0.6) is 0 Å². The van der Waals surface area contributed by atoms with E-state index in [1.165, 1.54) is 9.75 Å². The fourth-order valence-corrected chi connectivity index (χ4v) is 4.49. The van der Waals surface area contributed by atoms with Gasteiger partial charge in [-0.3, -0.25) is 14.6 Å². The fourth-order valence-electron chi connectivity index (χ4n) is 3.11. The highest BCUT2D eigenvalue weighted by Gasteiger charge is 2.19. The normalized spacial score (nSPS) is 15.4. The van der Waals surface area contributed by atoms with E-state index in [4.69, 9.17) is 16.9 Å². The first-order valence-corrected chi connectivity index (χ1v) is 10.3. The summed E-state index contributed by atoms with van der Waals surface area (Å²) in [7, 11) is 0. The molecule has 5 nitrogen and oxygen atoms in total.